The first kappa shape index (κ1) is 23.0. The molecule has 170 valence electrons. The number of morpholine rings is 1. The summed E-state index contributed by atoms with van der Waals surface area (Å²) in [7, 11) is -3.75. The van der Waals surface area contributed by atoms with Gasteiger partial charge in [-0.05, 0) is 26.0 Å². The Labute approximate surface area is 183 Å². The summed E-state index contributed by atoms with van der Waals surface area (Å²) in [6.07, 6.45) is 1.71. The molecule has 0 atom stereocenters. The monoisotopic (exact) mass is 451 g/mol. The second-order valence-electron chi connectivity index (χ2n) is 6.70. The number of nitrogens with zero attached hydrogens (tertiary/aromatic N) is 3. The van der Waals surface area contributed by atoms with Crippen molar-refractivity contribution >= 4 is 21.5 Å². The molecule has 1 fully saturated rings. The smallest absolute Gasteiger partial charge is 0.244 e. The predicted molar refractivity (Wildman–Crippen MR) is 118 cm³/mol. The van der Waals surface area contributed by atoms with Crippen LogP contribution in [0.3, 0.4) is 0 Å². The maximum absolute atomic E-state index is 12.8. The third-order valence-electron chi connectivity index (χ3n) is 4.56. The summed E-state index contributed by atoms with van der Waals surface area (Å²) in [5.41, 5.74) is 0.956. The molecule has 2 N–H and O–H groups in total. The van der Waals surface area contributed by atoms with Gasteiger partial charge < -0.3 is 24.4 Å². The van der Waals surface area contributed by atoms with E-state index in [1.54, 1.807) is 25.3 Å². The van der Waals surface area contributed by atoms with E-state index < -0.39 is 10.0 Å². The lowest BCUT2D eigenvalue weighted by Crippen LogP contribution is -2.36. The summed E-state index contributed by atoms with van der Waals surface area (Å²) in [5, 5.41) is 11.2. The highest BCUT2D eigenvalue weighted by Gasteiger charge is 2.20. The maximum Gasteiger partial charge on any atom is 0.244 e. The van der Waals surface area contributed by atoms with Crippen LogP contribution in [0, 0.1) is 0 Å². The van der Waals surface area contributed by atoms with Crippen molar-refractivity contribution in [3.05, 3.63) is 30.5 Å². The number of aromatic nitrogens is 2. The van der Waals surface area contributed by atoms with Gasteiger partial charge in [-0.2, -0.15) is 5.10 Å². The van der Waals surface area contributed by atoms with Crippen molar-refractivity contribution < 1.29 is 22.6 Å². The van der Waals surface area contributed by atoms with Gasteiger partial charge in [0.05, 0.1) is 38.3 Å². The molecule has 31 heavy (non-hydrogen) atoms. The normalized spacial score (nSPS) is 14.3. The molecule has 0 amide bonds. The van der Waals surface area contributed by atoms with Crippen molar-refractivity contribution in [1.82, 2.24) is 14.9 Å². The van der Waals surface area contributed by atoms with Crippen molar-refractivity contribution in [3.63, 3.8) is 0 Å². The lowest BCUT2D eigenvalue weighted by Gasteiger charge is -2.28. The van der Waals surface area contributed by atoms with Gasteiger partial charge in [0.2, 0.25) is 10.0 Å². The van der Waals surface area contributed by atoms with Gasteiger partial charge in [-0.15, -0.1) is 5.10 Å². The zero-order valence-electron chi connectivity index (χ0n) is 17.8. The summed E-state index contributed by atoms with van der Waals surface area (Å²) < 4.78 is 44.4. The summed E-state index contributed by atoms with van der Waals surface area (Å²) in [6, 6.07) is 6.59. The number of sulfonamides is 1. The molecule has 0 bridgehead atoms. The van der Waals surface area contributed by atoms with Crippen LogP contribution in [0.1, 0.15) is 13.8 Å². The van der Waals surface area contributed by atoms with Crippen LogP contribution in [0.5, 0.6) is 11.5 Å². The van der Waals surface area contributed by atoms with Crippen molar-refractivity contribution in [2.45, 2.75) is 18.7 Å². The molecule has 0 spiro atoms. The van der Waals surface area contributed by atoms with Gasteiger partial charge in [-0.3, -0.25) is 0 Å². The quantitative estimate of drug-likeness (QED) is 0.490. The van der Waals surface area contributed by atoms with Gasteiger partial charge in [0.1, 0.15) is 16.4 Å². The molecule has 1 aliphatic heterocycles. The highest BCUT2D eigenvalue weighted by atomic mass is 32.2. The van der Waals surface area contributed by atoms with E-state index >= 15 is 0 Å². The molecular weight excluding hydrogens is 422 g/mol. The van der Waals surface area contributed by atoms with Crippen LogP contribution in [0.2, 0.25) is 0 Å². The molecule has 0 unspecified atom stereocenters. The van der Waals surface area contributed by atoms with E-state index in [0.29, 0.717) is 44.5 Å². The van der Waals surface area contributed by atoms with E-state index in [1.165, 1.54) is 6.07 Å². The van der Waals surface area contributed by atoms with Crippen LogP contribution in [-0.4, -0.2) is 71.2 Å². The molecule has 1 aromatic heterocycles. The van der Waals surface area contributed by atoms with Gasteiger partial charge in [-0.1, -0.05) is 0 Å². The molecule has 11 heteroatoms. The minimum absolute atomic E-state index is 0.0758. The highest BCUT2D eigenvalue weighted by molar-refractivity contribution is 7.89. The zero-order chi connectivity index (χ0) is 22.1. The minimum Gasteiger partial charge on any atom is -0.494 e. The third kappa shape index (κ3) is 6.42. The summed E-state index contributed by atoms with van der Waals surface area (Å²) >= 11 is 0. The zero-order valence-corrected chi connectivity index (χ0v) is 18.7. The number of rotatable bonds is 11. The van der Waals surface area contributed by atoms with Gasteiger partial charge in [0, 0.05) is 38.3 Å². The first-order chi connectivity index (χ1) is 15.0. The van der Waals surface area contributed by atoms with Crippen molar-refractivity contribution in [2.75, 3.05) is 62.8 Å². The van der Waals surface area contributed by atoms with Gasteiger partial charge in [0.25, 0.3) is 0 Å². The van der Waals surface area contributed by atoms with Gasteiger partial charge >= 0.3 is 0 Å². The fraction of sp³-hybridized carbons (Fsp3) is 0.500. The Morgan fingerprint density at radius 1 is 1.10 bits per heavy atom. The molecule has 3 rings (SSSR count). The number of nitrogens with one attached hydrogen (secondary N) is 2. The Hall–Kier alpha value is -2.63. The number of benzene rings is 1. The second-order valence-corrected chi connectivity index (χ2v) is 8.43. The van der Waals surface area contributed by atoms with Crippen LogP contribution in [0.4, 0.5) is 11.5 Å². The summed E-state index contributed by atoms with van der Waals surface area (Å²) in [5.74, 6) is 1.41. The molecule has 10 nitrogen and oxygen atoms in total. The predicted octanol–water partition coefficient (Wildman–Crippen LogP) is 1.50. The fourth-order valence-electron chi connectivity index (χ4n) is 3.13. The first-order valence-corrected chi connectivity index (χ1v) is 11.8. The maximum atomic E-state index is 12.8. The SMILES string of the molecule is CCOc1ccc(S(=O)(=O)NCCNc2cc(N3CCOCC3)cnn2)c(OCC)c1. The van der Waals surface area contributed by atoms with Crippen LogP contribution in [0.25, 0.3) is 0 Å². The number of ether oxygens (including phenoxy) is 3. The van der Waals surface area contributed by atoms with Crippen LogP contribution in [0.15, 0.2) is 35.4 Å². The van der Waals surface area contributed by atoms with E-state index in [-0.39, 0.29) is 17.2 Å². The number of hydrogen-bond acceptors (Lipinski definition) is 9. The topological polar surface area (TPSA) is 115 Å². The summed E-state index contributed by atoms with van der Waals surface area (Å²) in [6.45, 7) is 7.98. The van der Waals surface area contributed by atoms with Crippen molar-refractivity contribution in [2.24, 2.45) is 0 Å². The minimum atomic E-state index is -3.75. The molecule has 1 aliphatic rings. The van der Waals surface area contributed by atoms with E-state index in [0.717, 1.165) is 18.8 Å². The average Bonchev–Trinajstić information content (AvgIpc) is 2.78. The fourth-order valence-corrected chi connectivity index (χ4v) is 4.28. The Balaban J connectivity index is 1.57. The highest BCUT2D eigenvalue weighted by Crippen LogP contribution is 2.28. The largest absolute Gasteiger partial charge is 0.494 e. The molecule has 2 heterocycles. The van der Waals surface area contributed by atoms with Crippen molar-refractivity contribution in [1.29, 1.82) is 0 Å². The molecule has 0 saturated carbocycles. The Morgan fingerprint density at radius 2 is 1.87 bits per heavy atom. The van der Waals surface area contributed by atoms with E-state index in [2.05, 4.69) is 25.1 Å². The molecule has 1 aromatic carbocycles. The van der Waals surface area contributed by atoms with Gasteiger partial charge in [-0.25, -0.2) is 13.1 Å². The Morgan fingerprint density at radius 3 is 2.61 bits per heavy atom. The molecule has 2 aromatic rings. The standard InChI is InChI=1S/C20H29N5O5S/c1-3-29-17-5-6-19(18(14-17)30-4-2)31(26,27)23-8-7-21-20-13-16(15-22-24-20)25-9-11-28-12-10-25/h5-6,13-15,23H,3-4,7-12H2,1-2H3,(H,21,24). The van der Waals surface area contributed by atoms with E-state index in [1.807, 2.05) is 13.0 Å². The van der Waals surface area contributed by atoms with Crippen molar-refractivity contribution in [3.8, 4) is 11.5 Å². The van der Waals surface area contributed by atoms with Gasteiger partial charge in [0.15, 0.2) is 5.82 Å². The molecule has 0 radical (unpaired) electrons. The lowest BCUT2D eigenvalue weighted by molar-refractivity contribution is 0.122. The Kier molecular flexibility index (Phi) is 8.27. The third-order valence-corrected chi connectivity index (χ3v) is 6.06. The molecule has 1 saturated heterocycles. The summed E-state index contributed by atoms with van der Waals surface area (Å²) in [4.78, 5) is 2.25. The average molecular weight is 452 g/mol. The van der Waals surface area contributed by atoms with E-state index in [9.17, 15) is 8.42 Å². The van der Waals surface area contributed by atoms with E-state index in [4.69, 9.17) is 14.2 Å². The Bertz CT molecular complexity index is 951. The first-order valence-electron chi connectivity index (χ1n) is 10.3. The lowest BCUT2D eigenvalue weighted by atomic mass is 10.3. The second kappa shape index (κ2) is 11.1. The van der Waals surface area contributed by atoms with Crippen LogP contribution in [-0.2, 0) is 14.8 Å². The van der Waals surface area contributed by atoms with Crippen LogP contribution >= 0.6 is 0 Å². The number of hydrogen-bond donors (Lipinski definition) is 2. The molecular formula is C20H29N5O5S. The van der Waals surface area contributed by atoms with Crippen LogP contribution < -0.4 is 24.4 Å². The molecule has 0 aliphatic carbocycles. The number of anilines is 2.